The Morgan fingerprint density at radius 1 is 1.39 bits per heavy atom. The van der Waals surface area contributed by atoms with Crippen molar-refractivity contribution < 1.29 is 4.74 Å². The Hall–Kier alpha value is -0.280. The number of likely N-dealkylation sites (N-methyl/N-ethyl adjacent to an activating group) is 1. The molecular weight excluding hydrogens is 269 g/mol. The third-order valence-corrected chi connectivity index (χ3v) is 5.00. The Morgan fingerprint density at radius 3 is 2.78 bits per heavy atom. The minimum absolute atomic E-state index is 0.186. The number of halogens is 2. The predicted molar refractivity (Wildman–Crippen MR) is 74.3 cm³/mol. The molecule has 2 bridgehead atoms. The first-order valence-corrected chi connectivity index (χ1v) is 7.15. The molecule has 0 radical (unpaired) electrons. The number of hydrogen-bond donors (Lipinski definition) is 0. The molecule has 2 saturated heterocycles. The standard InChI is InChI=1S/C14H17Cl2NO/c1-3-13-12-7-14(18-13,8-17(12)2)9-4-5-10(15)11(16)6-9/h4-6,12-13H,3,7-8H2,1-2H3. The maximum atomic E-state index is 6.31. The molecule has 98 valence electrons. The van der Waals surface area contributed by atoms with Gasteiger partial charge in [0.15, 0.2) is 0 Å². The van der Waals surface area contributed by atoms with Gasteiger partial charge in [0.1, 0.15) is 5.60 Å². The highest BCUT2D eigenvalue weighted by Crippen LogP contribution is 2.48. The van der Waals surface area contributed by atoms with E-state index < -0.39 is 0 Å². The van der Waals surface area contributed by atoms with E-state index in [9.17, 15) is 0 Å². The SMILES string of the molecule is CCC1OC2(c3ccc(Cl)c(Cl)c3)CC1N(C)C2. The van der Waals surface area contributed by atoms with Crippen molar-refractivity contribution in [1.29, 1.82) is 0 Å². The van der Waals surface area contributed by atoms with E-state index in [0.717, 1.165) is 24.9 Å². The van der Waals surface area contributed by atoms with Gasteiger partial charge >= 0.3 is 0 Å². The Labute approximate surface area is 118 Å². The molecule has 0 N–H and O–H groups in total. The number of fused-ring (bicyclic) bond motifs is 2. The Morgan fingerprint density at radius 2 is 2.17 bits per heavy atom. The highest BCUT2D eigenvalue weighted by atomic mass is 35.5. The van der Waals surface area contributed by atoms with Crippen molar-refractivity contribution in [3.8, 4) is 0 Å². The minimum Gasteiger partial charge on any atom is -0.364 e. The number of nitrogens with zero attached hydrogens (tertiary/aromatic N) is 1. The fraction of sp³-hybridized carbons (Fsp3) is 0.571. The van der Waals surface area contributed by atoms with Gasteiger partial charge in [-0.1, -0.05) is 36.2 Å². The molecule has 3 atom stereocenters. The molecule has 2 heterocycles. The van der Waals surface area contributed by atoms with Crippen LogP contribution in [-0.2, 0) is 10.3 Å². The summed E-state index contributed by atoms with van der Waals surface area (Å²) in [5, 5.41) is 1.21. The van der Waals surface area contributed by atoms with Crippen LogP contribution in [0.15, 0.2) is 18.2 Å². The van der Waals surface area contributed by atoms with Gasteiger partial charge in [-0.25, -0.2) is 0 Å². The summed E-state index contributed by atoms with van der Waals surface area (Å²) < 4.78 is 6.31. The fourth-order valence-electron chi connectivity index (χ4n) is 3.36. The first-order chi connectivity index (χ1) is 8.55. The maximum Gasteiger partial charge on any atom is 0.108 e. The lowest BCUT2D eigenvalue weighted by molar-refractivity contribution is -0.0955. The lowest BCUT2D eigenvalue weighted by Gasteiger charge is -2.36. The molecule has 0 aliphatic carbocycles. The van der Waals surface area contributed by atoms with E-state index >= 15 is 0 Å². The largest absolute Gasteiger partial charge is 0.364 e. The molecule has 1 aromatic rings. The van der Waals surface area contributed by atoms with Crippen molar-refractivity contribution in [2.75, 3.05) is 13.6 Å². The highest BCUT2D eigenvalue weighted by Gasteiger charge is 2.55. The Bertz CT molecular complexity index is 475. The van der Waals surface area contributed by atoms with Crippen LogP contribution in [-0.4, -0.2) is 30.6 Å². The normalized spacial score (nSPS) is 35.3. The second kappa shape index (κ2) is 4.38. The number of morpholine rings is 1. The van der Waals surface area contributed by atoms with Crippen LogP contribution in [0, 0.1) is 0 Å². The predicted octanol–water partition coefficient (Wildman–Crippen LogP) is 3.70. The summed E-state index contributed by atoms with van der Waals surface area (Å²) in [6.07, 6.45) is 2.44. The zero-order valence-electron chi connectivity index (χ0n) is 10.6. The van der Waals surface area contributed by atoms with Crippen molar-refractivity contribution in [2.24, 2.45) is 0 Å². The minimum atomic E-state index is -0.186. The molecule has 18 heavy (non-hydrogen) atoms. The Balaban J connectivity index is 1.98. The van der Waals surface area contributed by atoms with E-state index in [-0.39, 0.29) is 5.60 Å². The van der Waals surface area contributed by atoms with Crippen LogP contribution < -0.4 is 0 Å². The zero-order valence-corrected chi connectivity index (χ0v) is 12.1. The smallest absolute Gasteiger partial charge is 0.108 e. The first-order valence-electron chi connectivity index (χ1n) is 6.39. The quantitative estimate of drug-likeness (QED) is 0.822. The Kier molecular flexibility index (Phi) is 3.10. The van der Waals surface area contributed by atoms with Gasteiger partial charge in [-0.2, -0.15) is 0 Å². The third kappa shape index (κ3) is 1.78. The molecule has 0 aromatic heterocycles. The first kappa shape index (κ1) is 12.7. The van der Waals surface area contributed by atoms with E-state index in [4.69, 9.17) is 27.9 Å². The van der Waals surface area contributed by atoms with E-state index in [1.165, 1.54) is 0 Å². The van der Waals surface area contributed by atoms with Crippen LogP contribution in [0.25, 0.3) is 0 Å². The van der Waals surface area contributed by atoms with Gasteiger partial charge in [0.05, 0.1) is 16.1 Å². The highest BCUT2D eigenvalue weighted by molar-refractivity contribution is 6.42. The van der Waals surface area contributed by atoms with Crippen molar-refractivity contribution in [2.45, 2.75) is 37.5 Å². The van der Waals surface area contributed by atoms with Gasteiger partial charge in [0.2, 0.25) is 0 Å². The van der Waals surface area contributed by atoms with Crippen LogP contribution in [0.5, 0.6) is 0 Å². The van der Waals surface area contributed by atoms with Crippen LogP contribution in [0.4, 0.5) is 0 Å². The molecule has 3 unspecified atom stereocenters. The fourth-order valence-corrected chi connectivity index (χ4v) is 3.66. The average molecular weight is 286 g/mol. The van der Waals surface area contributed by atoms with Gasteiger partial charge < -0.3 is 4.74 Å². The molecule has 2 aliphatic heterocycles. The van der Waals surface area contributed by atoms with Crippen molar-refractivity contribution in [3.05, 3.63) is 33.8 Å². The van der Waals surface area contributed by atoms with Gasteiger partial charge in [-0.05, 0) is 37.6 Å². The summed E-state index contributed by atoms with van der Waals surface area (Å²) in [6, 6.07) is 6.40. The number of benzene rings is 1. The monoisotopic (exact) mass is 285 g/mol. The van der Waals surface area contributed by atoms with Crippen LogP contribution in [0.2, 0.25) is 10.0 Å². The number of rotatable bonds is 2. The summed E-state index contributed by atoms with van der Waals surface area (Å²) >= 11 is 12.1. The van der Waals surface area contributed by atoms with E-state index in [2.05, 4.69) is 18.9 Å². The van der Waals surface area contributed by atoms with Crippen molar-refractivity contribution >= 4 is 23.2 Å². The number of likely N-dealkylation sites (tertiary alicyclic amines) is 1. The third-order valence-electron chi connectivity index (χ3n) is 4.26. The van der Waals surface area contributed by atoms with E-state index in [1.54, 1.807) is 0 Å². The van der Waals surface area contributed by atoms with Gasteiger partial charge in [-0.3, -0.25) is 4.90 Å². The molecule has 0 saturated carbocycles. The van der Waals surface area contributed by atoms with E-state index in [0.29, 0.717) is 22.2 Å². The summed E-state index contributed by atoms with van der Waals surface area (Å²) in [7, 11) is 2.18. The van der Waals surface area contributed by atoms with Crippen LogP contribution in [0.1, 0.15) is 25.3 Å². The molecule has 0 spiro atoms. The van der Waals surface area contributed by atoms with Gasteiger partial charge in [-0.15, -0.1) is 0 Å². The van der Waals surface area contributed by atoms with Crippen LogP contribution in [0.3, 0.4) is 0 Å². The van der Waals surface area contributed by atoms with Crippen molar-refractivity contribution in [1.82, 2.24) is 4.90 Å². The zero-order chi connectivity index (χ0) is 12.9. The average Bonchev–Trinajstić information content (AvgIpc) is 2.87. The lowest BCUT2D eigenvalue weighted by Crippen LogP contribution is -2.44. The molecule has 2 aliphatic rings. The number of ether oxygens (including phenoxy) is 1. The molecule has 2 fully saturated rings. The topological polar surface area (TPSA) is 12.5 Å². The summed E-state index contributed by atoms with van der Waals surface area (Å²) in [5.74, 6) is 0. The maximum absolute atomic E-state index is 6.31. The summed E-state index contributed by atoms with van der Waals surface area (Å²) in [5.41, 5.74) is 0.969. The second-order valence-electron chi connectivity index (χ2n) is 5.37. The molecule has 1 aromatic carbocycles. The summed E-state index contributed by atoms with van der Waals surface area (Å²) in [6.45, 7) is 3.12. The molecule has 2 nitrogen and oxygen atoms in total. The van der Waals surface area contributed by atoms with E-state index in [1.807, 2.05) is 18.2 Å². The second-order valence-corrected chi connectivity index (χ2v) is 6.19. The number of hydrogen-bond acceptors (Lipinski definition) is 2. The molecule has 0 amide bonds. The molecular formula is C14H17Cl2NO. The summed E-state index contributed by atoms with van der Waals surface area (Å²) in [4.78, 5) is 2.40. The van der Waals surface area contributed by atoms with Crippen molar-refractivity contribution in [3.63, 3.8) is 0 Å². The lowest BCUT2D eigenvalue weighted by atomic mass is 9.93. The van der Waals surface area contributed by atoms with Gasteiger partial charge in [0, 0.05) is 12.6 Å². The molecule has 4 heteroatoms. The van der Waals surface area contributed by atoms with Crippen LogP contribution >= 0.6 is 23.2 Å². The molecule has 3 rings (SSSR count). The van der Waals surface area contributed by atoms with Gasteiger partial charge in [0.25, 0.3) is 0 Å².